The van der Waals surface area contributed by atoms with Gasteiger partial charge in [0.05, 0.1) is 0 Å². The van der Waals surface area contributed by atoms with E-state index in [4.69, 9.17) is 11.6 Å². The van der Waals surface area contributed by atoms with E-state index in [1.54, 1.807) is 11.8 Å². The van der Waals surface area contributed by atoms with E-state index in [-0.39, 0.29) is 19.5 Å². The molecule has 0 nitrogen and oxygen atoms in total. The van der Waals surface area contributed by atoms with Crippen molar-refractivity contribution in [3.05, 3.63) is 53.6 Å². The van der Waals surface area contributed by atoms with Crippen molar-refractivity contribution >= 4 is 36.0 Å². The summed E-state index contributed by atoms with van der Waals surface area (Å²) >= 11 is 12.0. The maximum atomic E-state index is 5.94. The molecule has 0 saturated heterocycles. The molecule has 0 unspecified atom stereocenters. The molecule has 0 amide bonds. The Labute approximate surface area is 123 Å². The Morgan fingerprint density at radius 2 is 1.69 bits per heavy atom. The molecule has 2 aromatic rings. The van der Waals surface area contributed by atoms with E-state index in [1.165, 1.54) is 4.90 Å². The summed E-state index contributed by atoms with van der Waals surface area (Å²) in [6, 6.07) is 15.9. The maximum Gasteiger partial charge on any atom is 0.0418 e. The molecule has 0 fully saturated rings. The summed E-state index contributed by atoms with van der Waals surface area (Å²) in [5.74, 6) is 0. The van der Waals surface area contributed by atoms with Crippen LogP contribution in [0.15, 0.2) is 63.2 Å². The predicted octanol–water partition coefficient (Wildman–Crippen LogP) is 4.78. The number of rotatable bonds is 2. The van der Waals surface area contributed by atoms with E-state index in [0.29, 0.717) is 0 Å². The van der Waals surface area contributed by atoms with Crippen LogP contribution in [0.5, 0.6) is 0 Å². The Kier molecular flexibility index (Phi) is 5.92. The second-order valence-electron chi connectivity index (χ2n) is 3.03. The molecule has 0 saturated carbocycles. The Morgan fingerprint density at radius 3 is 2.38 bits per heavy atom. The van der Waals surface area contributed by atoms with Gasteiger partial charge in [-0.1, -0.05) is 41.6 Å². The predicted molar refractivity (Wildman–Crippen MR) is 69.3 cm³/mol. The number of thiol groups is 1. The minimum atomic E-state index is 0. The number of halogens is 1. The summed E-state index contributed by atoms with van der Waals surface area (Å²) in [7, 11) is 0. The van der Waals surface area contributed by atoms with E-state index in [0.717, 1.165) is 14.8 Å². The van der Waals surface area contributed by atoms with Crippen molar-refractivity contribution in [3.63, 3.8) is 0 Å². The molecule has 2 aromatic carbocycles. The van der Waals surface area contributed by atoms with Crippen LogP contribution >= 0.6 is 36.0 Å². The average molecular weight is 318 g/mol. The first-order valence-corrected chi connectivity index (χ1v) is 6.11. The summed E-state index contributed by atoms with van der Waals surface area (Å²) in [4.78, 5) is 3.22. The number of benzene rings is 2. The second-order valence-corrected chi connectivity index (χ2v) is 5.06. The summed E-state index contributed by atoms with van der Waals surface area (Å²) < 4.78 is 0. The standard InChI is InChI=1S/C12H9ClS2.Zn/c13-9-6-7-11(14)12(8-9)15-10-4-2-1-3-5-10;/h1-8,14H;. The molecule has 78 valence electrons. The zero-order valence-corrected chi connectivity index (χ0v) is 14.0. The molecule has 0 bridgehead atoms. The molecule has 2 rings (SSSR count). The van der Waals surface area contributed by atoms with Crippen LogP contribution in [0.25, 0.3) is 0 Å². The molecule has 0 spiro atoms. The van der Waals surface area contributed by atoms with Crippen molar-refractivity contribution in [1.82, 2.24) is 0 Å². The summed E-state index contributed by atoms with van der Waals surface area (Å²) in [6.07, 6.45) is 0. The number of hydrogen-bond acceptors (Lipinski definition) is 2. The average Bonchev–Trinajstić information content (AvgIpc) is 2.25. The smallest absolute Gasteiger partial charge is 0.0418 e. The van der Waals surface area contributed by atoms with Gasteiger partial charge in [0.2, 0.25) is 0 Å². The van der Waals surface area contributed by atoms with Crippen molar-refractivity contribution in [3.8, 4) is 0 Å². The Balaban J connectivity index is 0.00000128. The fourth-order valence-electron chi connectivity index (χ4n) is 1.19. The van der Waals surface area contributed by atoms with Crippen molar-refractivity contribution in [2.45, 2.75) is 14.7 Å². The van der Waals surface area contributed by atoms with Gasteiger partial charge in [-0.05, 0) is 30.3 Å². The monoisotopic (exact) mass is 316 g/mol. The van der Waals surface area contributed by atoms with Crippen molar-refractivity contribution in [2.75, 3.05) is 0 Å². The van der Waals surface area contributed by atoms with Gasteiger partial charge in [0, 0.05) is 39.2 Å². The Hall–Kier alpha value is 0.0534. The minimum Gasteiger partial charge on any atom is -0.142 e. The number of hydrogen-bond donors (Lipinski definition) is 1. The van der Waals surface area contributed by atoms with E-state index in [2.05, 4.69) is 24.8 Å². The van der Waals surface area contributed by atoms with E-state index in [1.807, 2.05) is 36.4 Å². The zero-order chi connectivity index (χ0) is 10.7. The molecule has 4 heteroatoms. The molecule has 0 aliphatic heterocycles. The van der Waals surface area contributed by atoms with Crippen LogP contribution in [0, 0.1) is 0 Å². The van der Waals surface area contributed by atoms with Gasteiger partial charge in [0.1, 0.15) is 0 Å². The third-order valence-corrected chi connectivity index (χ3v) is 3.73. The van der Waals surface area contributed by atoms with Crippen LogP contribution in [0.1, 0.15) is 0 Å². The molecule has 16 heavy (non-hydrogen) atoms. The molecule has 0 atom stereocenters. The third-order valence-electron chi connectivity index (χ3n) is 1.89. The Bertz CT molecular complexity index is 460. The normalized spacial score (nSPS) is 9.62. The summed E-state index contributed by atoms with van der Waals surface area (Å²) in [5.41, 5.74) is 0. The second kappa shape index (κ2) is 6.71. The SMILES string of the molecule is Sc1ccc(Cl)cc1Sc1ccccc1.[Zn]. The molecule has 0 aromatic heterocycles. The fraction of sp³-hybridized carbons (Fsp3) is 0. The molecule has 0 aliphatic carbocycles. The van der Waals surface area contributed by atoms with Crippen LogP contribution in [-0.4, -0.2) is 0 Å². The van der Waals surface area contributed by atoms with Gasteiger partial charge in [-0.15, -0.1) is 12.6 Å². The topological polar surface area (TPSA) is 0 Å². The van der Waals surface area contributed by atoms with Crippen LogP contribution in [0.4, 0.5) is 0 Å². The van der Waals surface area contributed by atoms with Crippen LogP contribution in [0.3, 0.4) is 0 Å². The van der Waals surface area contributed by atoms with Crippen LogP contribution in [-0.2, 0) is 19.5 Å². The minimum absolute atomic E-state index is 0. The molecular formula is C12H9ClS2Zn. The zero-order valence-electron chi connectivity index (χ0n) is 8.56. The van der Waals surface area contributed by atoms with Crippen molar-refractivity contribution in [2.24, 2.45) is 0 Å². The van der Waals surface area contributed by atoms with Gasteiger partial charge >= 0.3 is 0 Å². The first-order valence-electron chi connectivity index (χ1n) is 4.47. The van der Waals surface area contributed by atoms with Gasteiger partial charge in [-0.25, -0.2) is 0 Å². The van der Waals surface area contributed by atoms with Gasteiger partial charge in [-0.2, -0.15) is 0 Å². The first kappa shape index (κ1) is 14.1. The van der Waals surface area contributed by atoms with Crippen molar-refractivity contribution < 1.29 is 19.5 Å². The largest absolute Gasteiger partial charge is 0.142 e. The molecule has 0 aliphatic rings. The molecular weight excluding hydrogens is 309 g/mol. The molecule has 0 N–H and O–H groups in total. The van der Waals surface area contributed by atoms with Gasteiger partial charge < -0.3 is 0 Å². The Morgan fingerprint density at radius 1 is 1.00 bits per heavy atom. The van der Waals surface area contributed by atoms with E-state index < -0.39 is 0 Å². The first-order chi connectivity index (χ1) is 7.25. The van der Waals surface area contributed by atoms with Gasteiger partial charge in [0.15, 0.2) is 0 Å². The van der Waals surface area contributed by atoms with Crippen molar-refractivity contribution in [1.29, 1.82) is 0 Å². The van der Waals surface area contributed by atoms with E-state index in [9.17, 15) is 0 Å². The third kappa shape index (κ3) is 3.81. The van der Waals surface area contributed by atoms with Crippen LogP contribution in [0.2, 0.25) is 5.02 Å². The van der Waals surface area contributed by atoms with Gasteiger partial charge in [0.25, 0.3) is 0 Å². The maximum absolute atomic E-state index is 5.94. The summed E-state index contributed by atoms with van der Waals surface area (Å²) in [6.45, 7) is 0. The van der Waals surface area contributed by atoms with E-state index >= 15 is 0 Å². The molecule has 0 radical (unpaired) electrons. The quantitative estimate of drug-likeness (QED) is 0.614. The molecule has 0 heterocycles. The fourth-order valence-corrected chi connectivity index (χ4v) is 2.60. The van der Waals surface area contributed by atoms with Gasteiger partial charge in [-0.3, -0.25) is 0 Å². The van der Waals surface area contributed by atoms with Crippen LogP contribution < -0.4 is 0 Å². The summed E-state index contributed by atoms with van der Waals surface area (Å²) in [5, 5.41) is 0.742.